The monoisotopic (exact) mass is 268 g/mol. The quantitative estimate of drug-likeness (QED) is 0.868. The lowest BCUT2D eigenvalue weighted by Gasteiger charge is -2.10. The Morgan fingerprint density at radius 1 is 1.28 bits per heavy atom. The van der Waals surface area contributed by atoms with Gasteiger partial charge in [0, 0.05) is 18.0 Å². The van der Waals surface area contributed by atoms with Gasteiger partial charge in [0.15, 0.2) is 17.3 Å². The summed E-state index contributed by atoms with van der Waals surface area (Å²) in [5, 5.41) is 0.194. The highest BCUT2D eigenvalue weighted by Gasteiger charge is 2.11. The zero-order valence-corrected chi connectivity index (χ0v) is 10.2. The number of nitrogens with zero attached hydrogens (tertiary/aromatic N) is 1. The van der Waals surface area contributed by atoms with Gasteiger partial charge >= 0.3 is 0 Å². The van der Waals surface area contributed by atoms with Crippen LogP contribution in [-0.2, 0) is 0 Å². The molecule has 1 heterocycles. The lowest BCUT2D eigenvalue weighted by Crippen LogP contribution is -1.96. The predicted molar refractivity (Wildman–Crippen MR) is 66.7 cm³/mol. The Kier molecular flexibility index (Phi) is 3.53. The minimum Gasteiger partial charge on any atom is -0.493 e. The van der Waals surface area contributed by atoms with Crippen molar-refractivity contribution in [3.63, 3.8) is 0 Å². The Morgan fingerprint density at radius 2 is 2.06 bits per heavy atom. The fourth-order valence-electron chi connectivity index (χ4n) is 1.35. The zero-order chi connectivity index (χ0) is 13.1. The highest BCUT2D eigenvalue weighted by Crippen LogP contribution is 2.33. The van der Waals surface area contributed by atoms with Crippen LogP contribution in [0.3, 0.4) is 0 Å². The molecule has 0 aliphatic rings. The Morgan fingerprint density at radius 3 is 2.72 bits per heavy atom. The van der Waals surface area contributed by atoms with Gasteiger partial charge in [0.25, 0.3) is 5.88 Å². The van der Waals surface area contributed by atoms with E-state index in [9.17, 15) is 4.39 Å². The summed E-state index contributed by atoms with van der Waals surface area (Å²) in [7, 11) is 1.48. The SMILES string of the molecule is COc1ccc(N)cc1Oc1ncc(Cl)cc1F. The minimum absolute atomic E-state index is 0.191. The van der Waals surface area contributed by atoms with Crippen LogP contribution in [0.5, 0.6) is 17.4 Å². The van der Waals surface area contributed by atoms with Crippen molar-refractivity contribution < 1.29 is 13.9 Å². The van der Waals surface area contributed by atoms with Crippen molar-refractivity contribution in [1.29, 1.82) is 0 Å². The van der Waals surface area contributed by atoms with E-state index in [1.165, 1.54) is 19.4 Å². The number of benzene rings is 1. The zero-order valence-electron chi connectivity index (χ0n) is 9.48. The lowest BCUT2D eigenvalue weighted by atomic mass is 10.3. The molecule has 0 unspecified atom stereocenters. The molecular weight excluding hydrogens is 259 g/mol. The van der Waals surface area contributed by atoms with Crippen molar-refractivity contribution in [3.05, 3.63) is 41.3 Å². The molecule has 0 aliphatic heterocycles. The molecule has 0 saturated carbocycles. The second-order valence-electron chi connectivity index (χ2n) is 3.45. The van der Waals surface area contributed by atoms with Gasteiger partial charge in [-0.15, -0.1) is 0 Å². The van der Waals surface area contributed by atoms with Crippen molar-refractivity contribution in [3.8, 4) is 17.4 Å². The van der Waals surface area contributed by atoms with Gasteiger partial charge in [-0.3, -0.25) is 0 Å². The summed E-state index contributed by atoms with van der Waals surface area (Å²) in [4.78, 5) is 3.75. The number of anilines is 1. The van der Waals surface area contributed by atoms with E-state index in [0.29, 0.717) is 11.4 Å². The number of methoxy groups -OCH3 is 1. The van der Waals surface area contributed by atoms with E-state index in [1.54, 1.807) is 12.1 Å². The molecule has 1 aromatic heterocycles. The smallest absolute Gasteiger partial charge is 0.256 e. The van der Waals surface area contributed by atoms with Crippen molar-refractivity contribution in [1.82, 2.24) is 4.98 Å². The number of hydrogen-bond donors (Lipinski definition) is 1. The number of aromatic nitrogens is 1. The molecule has 6 heteroatoms. The number of hydrogen-bond acceptors (Lipinski definition) is 4. The molecular formula is C12H10ClFN2O2. The average molecular weight is 269 g/mol. The Balaban J connectivity index is 2.36. The number of halogens is 2. The average Bonchev–Trinajstić information content (AvgIpc) is 2.33. The third kappa shape index (κ3) is 2.62. The molecule has 0 atom stereocenters. The molecule has 0 amide bonds. The highest BCUT2D eigenvalue weighted by molar-refractivity contribution is 6.30. The lowest BCUT2D eigenvalue weighted by molar-refractivity contribution is 0.364. The third-order valence-corrected chi connectivity index (χ3v) is 2.38. The van der Waals surface area contributed by atoms with Crippen molar-refractivity contribution in [2.24, 2.45) is 0 Å². The molecule has 2 rings (SSSR count). The van der Waals surface area contributed by atoms with Gasteiger partial charge in [0.1, 0.15) is 0 Å². The number of nitrogen functional groups attached to an aromatic ring is 1. The van der Waals surface area contributed by atoms with E-state index in [2.05, 4.69) is 4.98 Å². The second kappa shape index (κ2) is 5.10. The molecule has 94 valence electrons. The van der Waals surface area contributed by atoms with Crippen LogP contribution in [0.2, 0.25) is 5.02 Å². The van der Waals surface area contributed by atoms with Gasteiger partial charge in [-0.2, -0.15) is 0 Å². The molecule has 0 saturated heterocycles. The van der Waals surface area contributed by atoms with Crippen LogP contribution in [0.15, 0.2) is 30.5 Å². The molecule has 4 nitrogen and oxygen atoms in total. The molecule has 18 heavy (non-hydrogen) atoms. The largest absolute Gasteiger partial charge is 0.493 e. The molecule has 0 aliphatic carbocycles. The summed E-state index contributed by atoms with van der Waals surface area (Å²) < 4.78 is 23.9. The summed E-state index contributed by atoms with van der Waals surface area (Å²) in [5.74, 6) is -0.137. The highest BCUT2D eigenvalue weighted by atomic mass is 35.5. The number of nitrogens with two attached hydrogens (primary N) is 1. The number of rotatable bonds is 3. The summed E-state index contributed by atoms with van der Waals surface area (Å²) in [5.41, 5.74) is 6.10. The van der Waals surface area contributed by atoms with Crippen LogP contribution in [0.1, 0.15) is 0 Å². The first-order chi connectivity index (χ1) is 8.60. The first kappa shape index (κ1) is 12.4. The van der Waals surface area contributed by atoms with Crippen LogP contribution >= 0.6 is 11.6 Å². The molecule has 1 aromatic carbocycles. The van der Waals surface area contributed by atoms with Crippen LogP contribution in [0.4, 0.5) is 10.1 Å². The minimum atomic E-state index is -0.660. The maximum atomic E-state index is 13.5. The second-order valence-corrected chi connectivity index (χ2v) is 3.89. The standard InChI is InChI=1S/C12H10ClFN2O2/c1-17-10-3-2-8(15)5-11(10)18-12-9(14)4-7(13)6-16-12/h2-6H,15H2,1H3. The Bertz CT molecular complexity index is 578. The van der Waals surface area contributed by atoms with E-state index in [1.807, 2.05) is 0 Å². The molecule has 0 fully saturated rings. The Labute approximate surface area is 108 Å². The van der Waals surface area contributed by atoms with Gasteiger partial charge in [-0.1, -0.05) is 11.6 Å². The van der Waals surface area contributed by atoms with Crippen molar-refractivity contribution in [2.75, 3.05) is 12.8 Å². The number of ether oxygens (including phenoxy) is 2. The van der Waals surface area contributed by atoms with E-state index in [4.69, 9.17) is 26.8 Å². The summed E-state index contributed by atoms with van der Waals surface area (Å²) in [6, 6.07) is 5.91. The van der Waals surface area contributed by atoms with Crippen LogP contribution in [-0.4, -0.2) is 12.1 Å². The molecule has 0 radical (unpaired) electrons. The van der Waals surface area contributed by atoms with E-state index in [-0.39, 0.29) is 16.7 Å². The normalized spacial score (nSPS) is 10.2. The van der Waals surface area contributed by atoms with Crippen LogP contribution in [0, 0.1) is 5.82 Å². The first-order valence-electron chi connectivity index (χ1n) is 5.02. The molecule has 2 N–H and O–H groups in total. The fraction of sp³-hybridized carbons (Fsp3) is 0.0833. The van der Waals surface area contributed by atoms with E-state index in [0.717, 1.165) is 6.07 Å². The summed E-state index contributed by atoms with van der Waals surface area (Å²) in [6.45, 7) is 0. The maximum absolute atomic E-state index is 13.5. The van der Waals surface area contributed by atoms with Crippen molar-refractivity contribution >= 4 is 17.3 Å². The van der Waals surface area contributed by atoms with E-state index < -0.39 is 5.82 Å². The maximum Gasteiger partial charge on any atom is 0.256 e. The van der Waals surface area contributed by atoms with Crippen molar-refractivity contribution in [2.45, 2.75) is 0 Å². The van der Waals surface area contributed by atoms with Gasteiger partial charge < -0.3 is 15.2 Å². The van der Waals surface area contributed by atoms with Crippen LogP contribution in [0.25, 0.3) is 0 Å². The fourth-order valence-corrected chi connectivity index (χ4v) is 1.50. The first-order valence-corrected chi connectivity index (χ1v) is 5.40. The number of pyridine rings is 1. The van der Waals surface area contributed by atoms with Crippen LogP contribution < -0.4 is 15.2 Å². The summed E-state index contributed by atoms with van der Waals surface area (Å²) in [6.07, 6.45) is 1.29. The van der Waals surface area contributed by atoms with E-state index >= 15 is 0 Å². The Hall–Kier alpha value is -2.01. The van der Waals surface area contributed by atoms with Gasteiger partial charge in [-0.05, 0) is 18.2 Å². The molecule has 2 aromatic rings. The predicted octanol–water partition coefficient (Wildman–Crippen LogP) is 3.26. The summed E-state index contributed by atoms with van der Waals surface area (Å²) >= 11 is 5.60. The molecule has 0 bridgehead atoms. The molecule has 0 spiro atoms. The third-order valence-electron chi connectivity index (χ3n) is 2.17. The van der Waals surface area contributed by atoms with Gasteiger partial charge in [-0.25, -0.2) is 9.37 Å². The topological polar surface area (TPSA) is 57.4 Å². The van der Waals surface area contributed by atoms with Gasteiger partial charge in [0.2, 0.25) is 0 Å². The van der Waals surface area contributed by atoms with Gasteiger partial charge in [0.05, 0.1) is 12.1 Å².